The second-order valence-corrected chi connectivity index (χ2v) is 5.95. The maximum Gasteiger partial charge on any atom is 0.209 e. The van der Waals surface area contributed by atoms with Crippen molar-refractivity contribution in [1.29, 1.82) is 0 Å². The molecule has 1 heterocycles. The Hall–Kier alpha value is -2.88. The topological polar surface area (TPSA) is 48.0 Å². The van der Waals surface area contributed by atoms with Crippen LogP contribution in [0.3, 0.4) is 0 Å². The number of nitrogens with two attached hydrogens (primary N) is 1. The van der Waals surface area contributed by atoms with Crippen LogP contribution in [0.5, 0.6) is 0 Å². The standard InChI is InChI=1S/C20H19FN2O/c1-13-10-17(11-15-8-9-16(22)12-18(15)21)23(2)19(13)20(24)14-6-4-3-5-7-14/h3-10,12H,11,22H2,1-2H3. The average molecular weight is 322 g/mol. The Balaban J connectivity index is 1.96. The lowest BCUT2D eigenvalue weighted by Crippen LogP contribution is -2.11. The lowest BCUT2D eigenvalue weighted by molar-refractivity contribution is 0.103. The Morgan fingerprint density at radius 3 is 2.50 bits per heavy atom. The molecule has 0 saturated heterocycles. The summed E-state index contributed by atoms with van der Waals surface area (Å²) in [5.74, 6) is -0.357. The van der Waals surface area contributed by atoms with Crippen LogP contribution < -0.4 is 5.73 Å². The zero-order chi connectivity index (χ0) is 17.3. The van der Waals surface area contributed by atoms with Gasteiger partial charge in [0.15, 0.2) is 0 Å². The second kappa shape index (κ2) is 6.32. The molecule has 0 aliphatic carbocycles. The first-order valence-corrected chi connectivity index (χ1v) is 7.76. The van der Waals surface area contributed by atoms with Crippen LogP contribution in [0.1, 0.15) is 32.9 Å². The zero-order valence-electron chi connectivity index (χ0n) is 13.7. The first-order valence-electron chi connectivity index (χ1n) is 7.76. The highest BCUT2D eigenvalue weighted by molar-refractivity contribution is 6.09. The number of hydrogen-bond acceptors (Lipinski definition) is 2. The SMILES string of the molecule is Cc1cc(Cc2ccc(N)cc2F)n(C)c1C(=O)c1ccccc1. The van der Waals surface area contributed by atoms with Crippen molar-refractivity contribution in [2.45, 2.75) is 13.3 Å². The van der Waals surface area contributed by atoms with Crippen molar-refractivity contribution in [2.24, 2.45) is 7.05 Å². The quantitative estimate of drug-likeness (QED) is 0.585. The number of nitrogen functional groups attached to an aromatic ring is 1. The Morgan fingerprint density at radius 2 is 1.83 bits per heavy atom. The molecule has 0 saturated carbocycles. The van der Waals surface area contributed by atoms with Crippen LogP contribution in [0, 0.1) is 12.7 Å². The molecule has 0 aliphatic rings. The van der Waals surface area contributed by atoms with Crippen molar-refractivity contribution >= 4 is 11.5 Å². The normalized spacial score (nSPS) is 10.8. The number of benzene rings is 2. The predicted molar refractivity (Wildman–Crippen MR) is 93.6 cm³/mol. The van der Waals surface area contributed by atoms with E-state index in [1.54, 1.807) is 24.3 Å². The van der Waals surface area contributed by atoms with Gasteiger partial charge in [0.1, 0.15) is 5.82 Å². The molecule has 0 spiro atoms. The molecule has 0 bridgehead atoms. The number of ketones is 1. The predicted octanol–water partition coefficient (Wildman–Crippen LogP) is 3.88. The van der Waals surface area contributed by atoms with Gasteiger partial charge in [-0.2, -0.15) is 0 Å². The molecule has 0 aliphatic heterocycles. The minimum Gasteiger partial charge on any atom is -0.399 e. The number of aryl methyl sites for hydroxylation is 1. The number of nitrogens with zero attached hydrogens (tertiary/aromatic N) is 1. The maximum absolute atomic E-state index is 14.0. The third-order valence-electron chi connectivity index (χ3n) is 4.22. The number of carbonyl (C=O) groups excluding carboxylic acids is 1. The third kappa shape index (κ3) is 2.95. The Kier molecular flexibility index (Phi) is 4.21. The first kappa shape index (κ1) is 16.0. The fourth-order valence-corrected chi connectivity index (χ4v) is 2.95. The van der Waals surface area contributed by atoms with E-state index in [0.29, 0.717) is 28.9 Å². The van der Waals surface area contributed by atoms with E-state index in [1.807, 2.05) is 42.8 Å². The van der Waals surface area contributed by atoms with E-state index in [4.69, 9.17) is 5.73 Å². The van der Waals surface area contributed by atoms with Gasteiger partial charge >= 0.3 is 0 Å². The molecule has 3 rings (SSSR count). The van der Waals surface area contributed by atoms with Gasteiger partial charge in [-0.15, -0.1) is 0 Å². The van der Waals surface area contributed by atoms with Gasteiger partial charge in [-0.1, -0.05) is 36.4 Å². The average Bonchev–Trinajstić information content (AvgIpc) is 2.84. The highest BCUT2D eigenvalue weighted by Crippen LogP contribution is 2.22. The first-order chi connectivity index (χ1) is 11.5. The Bertz CT molecular complexity index is 898. The number of anilines is 1. The second-order valence-electron chi connectivity index (χ2n) is 5.95. The molecule has 2 aromatic carbocycles. The number of carbonyl (C=O) groups is 1. The third-order valence-corrected chi connectivity index (χ3v) is 4.22. The van der Waals surface area contributed by atoms with Crippen LogP contribution in [0.4, 0.5) is 10.1 Å². The molecule has 0 amide bonds. The summed E-state index contributed by atoms with van der Waals surface area (Å²) in [5, 5.41) is 0. The Labute approximate surface area is 140 Å². The summed E-state index contributed by atoms with van der Waals surface area (Å²) < 4.78 is 15.9. The summed E-state index contributed by atoms with van der Waals surface area (Å²) in [6.07, 6.45) is 0.408. The van der Waals surface area contributed by atoms with Crippen LogP contribution in [-0.4, -0.2) is 10.4 Å². The van der Waals surface area contributed by atoms with Gasteiger partial charge in [0.2, 0.25) is 5.78 Å². The van der Waals surface area contributed by atoms with Crippen LogP contribution in [0.25, 0.3) is 0 Å². The van der Waals surface area contributed by atoms with Gasteiger partial charge in [-0.05, 0) is 36.2 Å². The van der Waals surface area contributed by atoms with Gasteiger partial charge in [0.25, 0.3) is 0 Å². The summed E-state index contributed by atoms with van der Waals surface area (Å²) in [4.78, 5) is 12.8. The molecular weight excluding hydrogens is 303 g/mol. The minimum atomic E-state index is -0.329. The summed E-state index contributed by atoms with van der Waals surface area (Å²) in [6, 6.07) is 15.8. The number of rotatable bonds is 4. The number of halogens is 1. The molecule has 122 valence electrons. The van der Waals surface area contributed by atoms with E-state index < -0.39 is 0 Å². The fourth-order valence-electron chi connectivity index (χ4n) is 2.95. The molecule has 24 heavy (non-hydrogen) atoms. The monoisotopic (exact) mass is 322 g/mol. The van der Waals surface area contributed by atoms with E-state index in [0.717, 1.165) is 11.3 Å². The molecule has 3 nitrogen and oxygen atoms in total. The molecule has 0 atom stereocenters. The lowest BCUT2D eigenvalue weighted by atomic mass is 10.1. The van der Waals surface area contributed by atoms with Crippen molar-refractivity contribution < 1.29 is 9.18 Å². The number of aromatic nitrogens is 1. The molecule has 1 aromatic heterocycles. The molecule has 4 heteroatoms. The summed E-state index contributed by atoms with van der Waals surface area (Å²) in [5.41, 5.74) is 9.60. The summed E-state index contributed by atoms with van der Waals surface area (Å²) in [6.45, 7) is 1.90. The van der Waals surface area contributed by atoms with E-state index in [-0.39, 0.29) is 11.6 Å². The molecular formula is C20H19FN2O. The van der Waals surface area contributed by atoms with Crippen molar-refractivity contribution in [3.05, 3.63) is 88.5 Å². The summed E-state index contributed by atoms with van der Waals surface area (Å²) in [7, 11) is 1.84. The van der Waals surface area contributed by atoms with Gasteiger partial charge in [-0.3, -0.25) is 4.79 Å². The van der Waals surface area contributed by atoms with Crippen LogP contribution in [0.2, 0.25) is 0 Å². The van der Waals surface area contributed by atoms with Gasteiger partial charge < -0.3 is 10.3 Å². The summed E-state index contributed by atoms with van der Waals surface area (Å²) >= 11 is 0. The van der Waals surface area contributed by atoms with E-state index >= 15 is 0 Å². The molecule has 0 unspecified atom stereocenters. The largest absolute Gasteiger partial charge is 0.399 e. The van der Waals surface area contributed by atoms with E-state index in [2.05, 4.69) is 0 Å². The number of hydrogen-bond donors (Lipinski definition) is 1. The van der Waals surface area contributed by atoms with Crippen molar-refractivity contribution in [2.75, 3.05) is 5.73 Å². The fraction of sp³-hybridized carbons (Fsp3) is 0.150. The maximum atomic E-state index is 14.0. The van der Waals surface area contributed by atoms with Gasteiger partial charge in [-0.25, -0.2) is 4.39 Å². The molecule has 0 radical (unpaired) electrons. The molecule has 3 aromatic rings. The highest BCUT2D eigenvalue weighted by Gasteiger charge is 2.19. The van der Waals surface area contributed by atoms with E-state index in [9.17, 15) is 9.18 Å². The van der Waals surface area contributed by atoms with Crippen LogP contribution in [-0.2, 0) is 13.5 Å². The van der Waals surface area contributed by atoms with Crippen LogP contribution in [0.15, 0.2) is 54.6 Å². The lowest BCUT2D eigenvalue weighted by Gasteiger charge is -2.09. The van der Waals surface area contributed by atoms with Crippen molar-refractivity contribution in [3.8, 4) is 0 Å². The Morgan fingerprint density at radius 1 is 1.12 bits per heavy atom. The van der Waals surface area contributed by atoms with Crippen molar-refractivity contribution in [1.82, 2.24) is 4.57 Å². The molecule has 2 N–H and O–H groups in total. The van der Waals surface area contributed by atoms with Crippen molar-refractivity contribution in [3.63, 3.8) is 0 Å². The van der Waals surface area contributed by atoms with Gasteiger partial charge in [0.05, 0.1) is 5.69 Å². The minimum absolute atomic E-state index is 0.0281. The van der Waals surface area contributed by atoms with E-state index in [1.165, 1.54) is 6.07 Å². The van der Waals surface area contributed by atoms with Crippen LogP contribution >= 0.6 is 0 Å². The molecule has 0 fully saturated rings. The highest BCUT2D eigenvalue weighted by atomic mass is 19.1. The zero-order valence-corrected chi connectivity index (χ0v) is 13.7. The van der Waals surface area contributed by atoms with Gasteiger partial charge in [0, 0.05) is 30.4 Å². The smallest absolute Gasteiger partial charge is 0.209 e.